The third kappa shape index (κ3) is 5.50. The molecule has 0 amide bonds. The van der Waals surface area contributed by atoms with Gasteiger partial charge in [0.25, 0.3) is 0 Å². The second kappa shape index (κ2) is 9.08. The Kier molecular flexibility index (Phi) is 9.13. The van der Waals surface area contributed by atoms with Crippen LogP contribution in [0.1, 0.15) is 10.7 Å². The van der Waals surface area contributed by atoms with Crippen molar-refractivity contribution in [2.24, 2.45) is 0 Å². The summed E-state index contributed by atoms with van der Waals surface area (Å²) >= 11 is 1.75. The van der Waals surface area contributed by atoms with Crippen LogP contribution in [0, 0.1) is 0 Å². The Morgan fingerprint density at radius 2 is 2.12 bits per heavy atom. The van der Waals surface area contributed by atoms with Crippen molar-refractivity contribution in [3.05, 3.63) is 16.1 Å². The zero-order valence-corrected chi connectivity index (χ0v) is 12.3. The van der Waals surface area contributed by atoms with Gasteiger partial charge in [0.15, 0.2) is 0 Å². The Hall–Kier alpha value is 0.0900. The van der Waals surface area contributed by atoms with E-state index in [1.807, 2.05) is 7.05 Å². The number of thiazole rings is 1. The van der Waals surface area contributed by atoms with E-state index in [2.05, 4.69) is 20.6 Å². The molecule has 0 radical (unpaired) electrons. The van der Waals surface area contributed by atoms with Crippen LogP contribution < -0.4 is 5.32 Å². The maximum absolute atomic E-state index is 5.31. The average molecular weight is 300 g/mol. The fourth-order valence-electron chi connectivity index (χ4n) is 1.63. The minimum absolute atomic E-state index is 0. The summed E-state index contributed by atoms with van der Waals surface area (Å²) in [5.41, 5.74) is 1.14. The molecular weight excluding hydrogens is 281 g/mol. The average Bonchev–Trinajstić information content (AvgIpc) is 2.68. The summed E-state index contributed by atoms with van der Waals surface area (Å²) < 4.78 is 5.31. The molecule has 100 valence electrons. The second-order valence-electron chi connectivity index (χ2n) is 3.65. The zero-order valence-electron chi connectivity index (χ0n) is 9.85. The number of nitrogens with one attached hydrogen (secondary N) is 1. The van der Waals surface area contributed by atoms with Crippen molar-refractivity contribution in [3.8, 4) is 0 Å². The van der Waals surface area contributed by atoms with E-state index in [1.165, 1.54) is 5.01 Å². The van der Waals surface area contributed by atoms with Crippen LogP contribution in [0.3, 0.4) is 0 Å². The first kappa shape index (κ1) is 17.1. The molecule has 0 aromatic carbocycles. The molecule has 1 N–H and O–H groups in total. The molecular formula is C10H19Cl2N3OS. The molecule has 0 atom stereocenters. The molecule has 2 rings (SSSR count). The first-order valence-corrected chi connectivity index (χ1v) is 6.14. The molecule has 0 unspecified atom stereocenters. The standard InChI is InChI=1S/C10H17N3OS.2ClH/c1-11-6-9-8-15-10(12-9)7-13-2-4-14-5-3-13;;/h8,11H,2-7H2,1H3;2*1H. The zero-order chi connectivity index (χ0) is 10.5. The van der Waals surface area contributed by atoms with E-state index in [0.717, 1.165) is 45.1 Å². The largest absolute Gasteiger partial charge is 0.379 e. The lowest BCUT2D eigenvalue weighted by Gasteiger charge is -2.25. The summed E-state index contributed by atoms with van der Waals surface area (Å²) in [5.74, 6) is 0. The third-order valence-corrected chi connectivity index (χ3v) is 3.30. The summed E-state index contributed by atoms with van der Waals surface area (Å²) in [6.45, 7) is 5.60. The van der Waals surface area contributed by atoms with Crippen LogP contribution in [0.5, 0.6) is 0 Å². The highest BCUT2D eigenvalue weighted by Gasteiger charge is 2.12. The van der Waals surface area contributed by atoms with Crippen molar-refractivity contribution in [1.29, 1.82) is 0 Å². The molecule has 1 aromatic heterocycles. The minimum atomic E-state index is 0. The lowest BCUT2D eigenvalue weighted by molar-refractivity contribution is 0.0341. The Labute approximate surface area is 119 Å². The second-order valence-corrected chi connectivity index (χ2v) is 4.59. The van der Waals surface area contributed by atoms with Crippen molar-refractivity contribution in [1.82, 2.24) is 15.2 Å². The summed E-state index contributed by atoms with van der Waals surface area (Å²) in [6, 6.07) is 0. The lowest BCUT2D eigenvalue weighted by Crippen LogP contribution is -2.35. The van der Waals surface area contributed by atoms with E-state index in [1.54, 1.807) is 11.3 Å². The predicted molar refractivity (Wildman–Crippen MR) is 75.5 cm³/mol. The quantitative estimate of drug-likeness (QED) is 0.915. The number of aromatic nitrogens is 1. The van der Waals surface area contributed by atoms with E-state index < -0.39 is 0 Å². The molecule has 0 aliphatic carbocycles. The van der Waals surface area contributed by atoms with Gasteiger partial charge in [-0.15, -0.1) is 36.2 Å². The third-order valence-electron chi connectivity index (χ3n) is 2.42. The molecule has 1 aliphatic heterocycles. The van der Waals surface area contributed by atoms with Crippen LogP contribution in [-0.2, 0) is 17.8 Å². The van der Waals surface area contributed by atoms with Crippen LogP contribution in [0.25, 0.3) is 0 Å². The Bertz CT molecular complexity index is 305. The smallest absolute Gasteiger partial charge is 0.107 e. The van der Waals surface area contributed by atoms with E-state index >= 15 is 0 Å². The molecule has 17 heavy (non-hydrogen) atoms. The number of ether oxygens (including phenoxy) is 1. The molecule has 4 nitrogen and oxygen atoms in total. The Morgan fingerprint density at radius 1 is 1.41 bits per heavy atom. The molecule has 1 aliphatic rings. The maximum Gasteiger partial charge on any atom is 0.107 e. The summed E-state index contributed by atoms with van der Waals surface area (Å²) in [6.07, 6.45) is 0. The molecule has 0 bridgehead atoms. The van der Waals surface area contributed by atoms with Crippen LogP contribution in [0.4, 0.5) is 0 Å². The fraction of sp³-hybridized carbons (Fsp3) is 0.700. The van der Waals surface area contributed by atoms with Crippen LogP contribution in [-0.4, -0.2) is 43.2 Å². The maximum atomic E-state index is 5.31. The van der Waals surface area contributed by atoms with Gasteiger partial charge in [-0.05, 0) is 7.05 Å². The van der Waals surface area contributed by atoms with Gasteiger partial charge in [-0.2, -0.15) is 0 Å². The summed E-state index contributed by atoms with van der Waals surface area (Å²) in [7, 11) is 1.95. The molecule has 0 saturated carbocycles. The number of hydrogen-bond donors (Lipinski definition) is 1. The van der Waals surface area contributed by atoms with Crippen molar-refractivity contribution in [3.63, 3.8) is 0 Å². The van der Waals surface area contributed by atoms with Crippen molar-refractivity contribution in [2.75, 3.05) is 33.4 Å². The predicted octanol–water partition coefficient (Wildman–Crippen LogP) is 1.54. The normalized spacial score (nSPS) is 16.1. The molecule has 1 saturated heterocycles. The highest BCUT2D eigenvalue weighted by molar-refractivity contribution is 7.09. The molecule has 0 spiro atoms. The van der Waals surface area contributed by atoms with Crippen molar-refractivity contribution in [2.45, 2.75) is 13.1 Å². The van der Waals surface area contributed by atoms with Crippen LogP contribution >= 0.6 is 36.2 Å². The lowest BCUT2D eigenvalue weighted by atomic mass is 10.4. The number of rotatable bonds is 4. The molecule has 7 heteroatoms. The minimum Gasteiger partial charge on any atom is -0.379 e. The Balaban J connectivity index is 0.00000128. The van der Waals surface area contributed by atoms with Gasteiger partial charge < -0.3 is 10.1 Å². The highest BCUT2D eigenvalue weighted by atomic mass is 35.5. The molecule has 1 aromatic rings. The van der Waals surface area contributed by atoms with Crippen molar-refractivity contribution >= 4 is 36.2 Å². The number of morpholine rings is 1. The molecule has 2 heterocycles. The number of nitrogens with zero attached hydrogens (tertiary/aromatic N) is 2. The fourth-order valence-corrected chi connectivity index (χ4v) is 2.47. The monoisotopic (exact) mass is 299 g/mol. The van der Waals surface area contributed by atoms with Gasteiger partial charge >= 0.3 is 0 Å². The molecule has 1 fully saturated rings. The van der Waals surface area contributed by atoms with E-state index in [9.17, 15) is 0 Å². The topological polar surface area (TPSA) is 37.4 Å². The first-order valence-electron chi connectivity index (χ1n) is 5.26. The number of halogens is 2. The van der Waals surface area contributed by atoms with Crippen LogP contribution in [0.2, 0.25) is 0 Å². The highest BCUT2D eigenvalue weighted by Crippen LogP contribution is 2.13. The number of hydrogen-bond acceptors (Lipinski definition) is 5. The first-order chi connectivity index (χ1) is 7.38. The SMILES string of the molecule is CNCc1csc(CN2CCOCC2)n1.Cl.Cl. The van der Waals surface area contributed by atoms with Gasteiger partial charge in [-0.1, -0.05) is 0 Å². The van der Waals surface area contributed by atoms with Gasteiger partial charge in [-0.25, -0.2) is 4.98 Å². The van der Waals surface area contributed by atoms with Gasteiger partial charge in [-0.3, -0.25) is 4.90 Å². The van der Waals surface area contributed by atoms with Crippen molar-refractivity contribution < 1.29 is 4.74 Å². The van der Waals surface area contributed by atoms with Gasteiger partial charge in [0.2, 0.25) is 0 Å². The van der Waals surface area contributed by atoms with Crippen LogP contribution in [0.15, 0.2) is 5.38 Å². The Morgan fingerprint density at radius 3 is 2.76 bits per heavy atom. The van der Waals surface area contributed by atoms with E-state index in [0.29, 0.717) is 0 Å². The van der Waals surface area contributed by atoms with E-state index in [-0.39, 0.29) is 24.8 Å². The van der Waals surface area contributed by atoms with E-state index in [4.69, 9.17) is 4.74 Å². The van der Waals surface area contributed by atoms with Gasteiger partial charge in [0.05, 0.1) is 25.5 Å². The van der Waals surface area contributed by atoms with Gasteiger partial charge in [0, 0.05) is 25.0 Å². The summed E-state index contributed by atoms with van der Waals surface area (Å²) in [5, 5.41) is 6.45. The van der Waals surface area contributed by atoms with Gasteiger partial charge in [0.1, 0.15) is 5.01 Å². The summed E-state index contributed by atoms with van der Waals surface area (Å²) in [4.78, 5) is 6.96.